The molecule has 40 valence electrons. The molecule has 0 spiro atoms. The zero-order valence-electron chi connectivity index (χ0n) is 4.62. The molecule has 0 bridgehead atoms. The topological polar surface area (TPSA) is 31.5 Å². The van der Waals surface area contributed by atoms with Gasteiger partial charge in [0.2, 0.25) is 0 Å². The third-order valence-electron chi connectivity index (χ3n) is 0.707. The van der Waals surface area contributed by atoms with Gasteiger partial charge in [-0.1, -0.05) is 33.1 Å². The average molecular weight is 90.2 g/mol. The SMILES string of the molecule is CCCCC.O. The van der Waals surface area contributed by atoms with Crippen molar-refractivity contribution in [2.24, 2.45) is 0 Å². The molecule has 0 fully saturated rings. The van der Waals surface area contributed by atoms with Gasteiger partial charge >= 0.3 is 0 Å². The fourth-order valence-electron chi connectivity index (χ4n) is 0.354. The molecule has 0 aliphatic heterocycles. The highest BCUT2D eigenvalue weighted by atomic mass is 16.0. The van der Waals surface area contributed by atoms with E-state index >= 15 is 0 Å². The summed E-state index contributed by atoms with van der Waals surface area (Å²) in [5, 5.41) is 0. The Morgan fingerprint density at radius 3 is 1.33 bits per heavy atom. The smallest absolute Gasteiger partial charge is 0.0538 e. The summed E-state index contributed by atoms with van der Waals surface area (Å²) in [6, 6.07) is 0. The molecule has 0 rings (SSSR count). The van der Waals surface area contributed by atoms with E-state index in [0.29, 0.717) is 0 Å². The van der Waals surface area contributed by atoms with Gasteiger partial charge in [0.25, 0.3) is 0 Å². The summed E-state index contributed by atoms with van der Waals surface area (Å²) in [5.41, 5.74) is 0. The van der Waals surface area contributed by atoms with Crippen LogP contribution in [-0.2, 0) is 0 Å². The fraction of sp³-hybridized carbons (Fsp3) is 1.00. The van der Waals surface area contributed by atoms with Gasteiger partial charge in [-0.25, -0.2) is 0 Å². The zero-order chi connectivity index (χ0) is 4.12. The second-order valence-corrected chi connectivity index (χ2v) is 1.35. The molecule has 0 aromatic carbocycles. The number of hydrogen-bond acceptors (Lipinski definition) is 0. The van der Waals surface area contributed by atoms with Crippen LogP contribution in [0.1, 0.15) is 33.1 Å². The molecular formula is C5H14O. The summed E-state index contributed by atoms with van der Waals surface area (Å²) in [4.78, 5) is 0. The van der Waals surface area contributed by atoms with E-state index in [9.17, 15) is 0 Å². The van der Waals surface area contributed by atoms with Crippen molar-refractivity contribution in [2.75, 3.05) is 0 Å². The molecule has 0 saturated carbocycles. The van der Waals surface area contributed by atoms with Gasteiger partial charge in [-0.2, -0.15) is 0 Å². The van der Waals surface area contributed by atoms with Crippen LogP contribution in [0.3, 0.4) is 0 Å². The minimum absolute atomic E-state index is 0. The molecule has 0 heterocycles. The van der Waals surface area contributed by atoms with Gasteiger partial charge in [-0.05, 0) is 0 Å². The van der Waals surface area contributed by atoms with Crippen LogP contribution in [0, 0.1) is 0 Å². The normalized spacial score (nSPS) is 7.00. The maximum absolute atomic E-state index is 2.21. The molecule has 0 saturated heterocycles. The van der Waals surface area contributed by atoms with E-state index < -0.39 is 0 Å². The Hall–Kier alpha value is -0.0400. The van der Waals surface area contributed by atoms with Crippen LogP contribution in [0.5, 0.6) is 0 Å². The minimum atomic E-state index is 0. The largest absolute Gasteiger partial charge is 0.412 e. The average Bonchev–Trinajstić information content (AvgIpc) is 1.41. The van der Waals surface area contributed by atoms with Crippen LogP contribution in [0.2, 0.25) is 0 Å². The molecule has 0 amide bonds. The first-order chi connectivity index (χ1) is 2.41. The number of unbranched alkanes of at least 4 members (excludes halogenated alkanes) is 2. The molecule has 1 heteroatoms. The summed E-state index contributed by atoms with van der Waals surface area (Å²) in [5.74, 6) is 0. The lowest BCUT2D eigenvalue weighted by molar-refractivity contribution is 0.772. The van der Waals surface area contributed by atoms with Crippen molar-refractivity contribution in [3.63, 3.8) is 0 Å². The highest BCUT2D eigenvalue weighted by Gasteiger charge is 1.68. The highest BCUT2D eigenvalue weighted by molar-refractivity contribution is 4.24. The summed E-state index contributed by atoms with van der Waals surface area (Å²) in [7, 11) is 0. The van der Waals surface area contributed by atoms with E-state index in [-0.39, 0.29) is 5.48 Å². The van der Waals surface area contributed by atoms with Crippen molar-refractivity contribution in [1.82, 2.24) is 0 Å². The molecule has 0 unspecified atom stereocenters. The zero-order valence-corrected chi connectivity index (χ0v) is 4.62. The van der Waals surface area contributed by atoms with Crippen LogP contribution >= 0.6 is 0 Å². The standard InChI is InChI=1S/C5H12.H2O/c1-3-5-4-2;/h3-5H2,1-2H3;1H2. The van der Waals surface area contributed by atoms with E-state index in [4.69, 9.17) is 0 Å². The molecule has 0 aliphatic rings. The Labute approximate surface area is 39.7 Å². The van der Waals surface area contributed by atoms with E-state index in [1.165, 1.54) is 19.3 Å². The molecule has 1 nitrogen and oxygen atoms in total. The highest BCUT2D eigenvalue weighted by Crippen LogP contribution is 1.88. The lowest BCUT2D eigenvalue weighted by Crippen LogP contribution is -1.59. The third kappa shape index (κ3) is 9.03. The lowest BCUT2D eigenvalue weighted by Gasteiger charge is -1.79. The van der Waals surface area contributed by atoms with E-state index in [1.807, 2.05) is 0 Å². The molecular weight excluding hydrogens is 76.1 g/mol. The van der Waals surface area contributed by atoms with Crippen molar-refractivity contribution in [3.05, 3.63) is 0 Å². The van der Waals surface area contributed by atoms with Crippen molar-refractivity contribution in [1.29, 1.82) is 0 Å². The van der Waals surface area contributed by atoms with Crippen molar-refractivity contribution >= 4 is 0 Å². The van der Waals surface area contributed by atoms with Gasteiger partial charge < -0.3 is 5.48 Å². The fourth-order valence-corrected chi connectivity index (χ4v) is 0.354. The van der Waals surface area contributed by atoms with Crippen molar-refractivity contribution < 1.29 is 5.48 Å². The second kappa shape index (κ2) is 8.88. The first kappa shape index (κ1) is 9.35. The molecule has 0 aliphatic carbocycles. The Balaban J connectivity index is 0. The number of hydrogen-bond donors (Lipinski definition) is 0. The molecule has 0 radical (unpaired) electrons. The summed E-state index contributed by atoms with van der Waals surface area (Å²) in [6.45, 7) is 4.42. The van der Waals surface area contributed by atoms with Crippen LogP contribution in [0.25, 0.3) is 0 Å². The third-order valence-corrected chi connectivity index (χ3v) is 0.707. The quantitative estimate of drug-likeness (QED) is 0.490. The molecule has 0 atom stereocenters. The minimum Gasteiger partial charge on any atom is -0.412 e. The van der Waals surface area contributed by atoms with E-state index in [2.05, 4.69) is 13.8 Å². The van der Waals surface area contributed by atoms with Crippen LogP contribution in [0.15, 0.2) is 0 Å². The number of rotatable bonds is 2. The Morgan fingerprint density at radius 2 is 1.33 bits per heavy atom. The summed E-state index contributed by atoms with van der Waals surface area (Å²) < 4.78 is 0. The van der Waals surface area contributed by atoms with Crippen molar-refractivity contribution in [3.8, 4) is 0 Å². The first-order valence-electron chi connectivity index (χ1n) is 2.41. The van der Waals surface area contributed by atoms with Gasteiger partial charge in [0, 0.05) is 0 Å². The first-order valence-corrected chi connectivity index (χ1v) is 2.41. The predicted molar refractivity (Wildman–Crippen MR) is 28.8 cm³/mol. The van der Waals surface area contributed by atoms with E-state index in [1.54, 1.807) is 0 Å². The summed E-state index contributed by atoms with van der Waals surface area (Å²) in [6.07, 6.45) is 4.08. The van der Waals surface area contributed by atoms with Crippen LogP contribution in [-0.4, -0.2) is 5.48 Å². The maximum atomic E-state index is 2.21. The van der Waals surface area contributed by atoms with Crippen LogP contribution < -0.4 is 0 Å². The molecule has 0 aromatic heterocycles. The van der Waals surface area contributed by atoms with E-state index in [0.717, 1.165) is 0 Å². The predicted octanol–water partition coefficient (Wildman–Crippen LogP) is 1.37. The Morgan fingerprint density at radius 1 is 1.00 bits per heavy atom. The van der Waals surface area contributed by atoms with Gasteiger partial charge in [-0.15, -0.1) is 0 Å². The Bertz CT molecular complexity index is 11.4. The monoisotopic (exact) mass is 90.1 g/mol. The van der Waals surface area contributed by atoms with Crippen molar-refractivity contribution in [2.45, 2.75) is 33.1 Å². The van der Waals surface area contributed by atoms with Gasteiger partial charge in [0.1, 0.15) is 0 Å². The second-order valence-electron chi connectivity index (χ2n) is 1.35. The van der Waals surface area contributed by atoms with Gasteiger partial charge in [0.05, 0.1) is 0 Å². The summed E-state index contributed by atoms with van der Waals surface area (Å²) >= 11 is 0. The molecule has 2 N–H and O–H groups in total. The van der Waals surface area contributed by atoms with Gasteiger partial charge in [-0.3, -0.25) is 0 Å². The molecule has 0 aromatic rings. The maximum Gasteiger partial charge on any atom is -0.0538 e. The Kier molecular flexibility index (Phi) is 13.8. The molecule has 6 heavy (non-hydrogen) atoms. The lowest BCUT2D eigenvalue weighted by atomic mass is 10.3. The van der Waals surface area contributed by atoms with Gasteiger partial charge in [0.15, 0.2) is 0 Å². The van der Waals surface area contributed by atoms with Crippen LogP contribution in [0.4, 0.5) is 0 Å².